The molecule has 1 heterocycles. The van der Waals surface area contributed by atoms with Crippen LogP contribution in [-0.4, -0.2) is 16.2 Å². The summed E-state index contributed by atoms with van der Waals surface area (Å²) in [6.45, 7) is 4.35. The van der Waals surface area contributed by atoms with Crippen molar-refractivity contribution < 1.29 is 9.26 Å². The van der Waals surface area contributed by atoms with Gasteiger partial charge in [0.15, 0.2) is 12.4 Å². The minimum absolute atomic E-state index is 0.148. The third-order valence-corrected chi connectivity index (χ3v) is 3.16. The van der Waals surface area contributed by atoms with E-state index >= 15 is 0 Å². The predicted octanol–water partition coefficient (Wildman–Crippen LogP) is 2.49. The van der Waals surface area contributed by atoms with Gasteiger partial charge in [0.05, 0.1) is 0 Å². The molecule has 0 saturated heterocycles. The second kappa shape index (κ2) is 7.05. The van der Waals surface area contributed by atoms with Gasteiger partial charge in [-0.1, -0.05) is 37.2 Å². The van der Waals surface area contributed by atoms with Crippen LogP contribution in [0.2, 0.25) is 0 Å². The first-order chi connectivity index (χ1) is 9.72. The van der Waals surface area contributed by atoms with Gasteiger partial charge in [-0.15, -0.1) is 0 Å². The quantitative estimate of drug-likeness (QED) is 0.840. The van der Waals surface area contributed by atoms with Crippen LogP contribution >= 0.6 is 0 Å². The molecule has 1 aromatic heterocycles. The van der Waals surface area contributed by atoms with E-state index in [1.165, 1.54) is 0 Å². The Hall–Kier alpha value is -1.88. The highest BCUT2D eigenvalue weighted by Gasteiger charge is 2.10. The Morgan fingerprint density at radius 2 is 2.10 bits per heavy atom. The topological polar surface area (TPSA) is 74.2 Å². The number of benzene rings is 1. The maximum Gasteiger partial charge on any atom is 0.264 e. The third kappa shape index (κ3) is 3.81. The van der Waals surface area contributed by atoms with Crippen molar-refractivity contribution in [1.82, 2.24) is 10.1 Å². The van der Waals surface area contributed by atoms with Crippen LogP contribution in [0.3, 0.4) is 0 Å². The number of nitrogens with two attached hydrogens (primary N) is 1. The van der Waals surface area contributed by atoms with Crippen molar-refractivity contribution in [2.24, 2.45) is 5.73 Å². The highest BCUT2D eigenvalue weighted by atomic mass is 16.5. The van der Waals surface area contributed by atoms with E-state index in [1.807, 2.05) is 31.2 Å². The molecule has 1 unspecified atom stereocenters. The van der Waals surface area contributed by atoms with Crippen molar-refractivity contribution >= 4 is 0 Å². The smallest absolute Gasteiger partial charge is 0.264 e. The SMILES string of the molecule is CCc1noc(COc2ccccc2CC(N)CC)n1. The average Bonchev–Trinajstić information content (AvgIpc) is 2.94. The second-order valence-electron chi connectivity index (χ2n) is 4.73. The Balaban J connectivity index is 2.01. The summed E-state index contributed by atoms with van der Waals surface area (Å²) in [5.41, 5.74) is 7.11. The monoisotopic (exact) mass is 275 g/mol. The van der Waals surface area contributed by atoms with Crippen LogP contribution in [0.25, 0.3) is 0 Å². The molecule has 20 heavy (non-hydrogen) atoms. The molecule has 1 aromatic carbocycles. The normalized spacial score (nSPS) is 12.3. The zero-order valence-electron chi connectivity index (χ0n) is 12.0. The first kappa shape index (κ1) is 14.5. The molecule has 2 rings (SSSR count). The fourth-order valence-electron chi connectivity index (χ4n) is 1.87. The van der Waals surface area contributed by atoms with Gasteiger partial charge in [0.1, 0.15) is 5.75 Å². The van der Waals surface area contributed by atoms with Crippen LogP contribution in [0.15, 0.2) is 28.8 Å². The molecule has 5 nitrogen and oxygen atoms in total. The number of ether oxygens (including phenoxy) is 1. The van der Waals surface area contributed by atoms with Crippen molar-refractivity contribution in [2.75, 3.05) is 0 Å². The highest BCUT2D eigenvalue weighted by Crippen LogP contribution is 2.21. The lowest BCUT2D eigenvalue weighted by Crippen LogP contribution is -2.21. The summed E-state index contributed by atoms with van der Waals surface area (Å²) >= 11 is 0. The second-order valence-corrected chi connectivity index (χ2v) is 4.73. The molecular weight excluding hydrogens is 254 g/mol. The average molecular weight is 275 g/mol. The summed E-state index contributed by atoms with van der Waals surface area (Å²) in [5, 5.41) is 3.84. The Bertz CT molecular complexity index is 539. The van der Waals surface area contributed by atoms with Crippen molar-refractivity contribution in [2.45, 2.75) is 45.8 Å². The minimum Gasteiger partial charge on any atom is -0.483 e. The molecule has 0 spiro atoms. The fraction of sp³-hybridized carbons (Fsp3) is 0.467. The van der Waals surface area contributed by atoms with Gasteiger partial charge < -0.3 is 15.0 Å². The predicted molar refractivity (Wildman–Crippen MR) is 76.4 cm³/mol. The van der Waals surface area contributed by atoms with Crippen LogP contribution in [0.5, 0.6) is 5.75 Å². The zero-order valence-corrected chi connectivity index (χ0v) is 12.0. The Kier molecular flexibility index (Phi) is 5.12. The van der Waals surface area contributed by atoms with E-state index in [1.54, 1.807) is 0 Å². The van der Waals surface area contributed by atoms with Gasteiger partial charge in [-0.3, -0.25) is 0 Å². The first-order valence-electron chi connectivity index (χ1n) is 7.00. The fourth-order valence-corrected chi connectivity index (χ4v) is 1.87. The standard InChI is InChI=1S/C15H21N3O2/c1-3-12(16)9-11-7-5-6-8-13(11)19-10-15-17-14(4-2)18-20-15/h5-8,12H,3-4,9-10,16H2,1-2H3. The van der Waals surface area contributed by atoms with E-state index in [0.29, 0.717) is 11.7 Å². The number of hydrogen-bond acceptors (Lipinski definition) is 5. The van der Waals surface area contributed by atoms with E-state index in [9.17, 15) is 0 Å². The highest BCUT2D eigenvalue weighted by molar-refractivity contribution is 5.34. The molecule has 0 aliphatic heterocycles. The molecule has 0 saturated carbocycles. The Labute approximate surface area is 119 Å². The van der Waals surface area contributed by atoms with Crippen molar-refractivity contribution in [3.8, 4) is 5.75 Å². The molecule has 0 bridgehead atoms. The zero-order chi connectivity index (χ0) is 14.4. The molecule has 5 heteroatoms. The summed E-state index contributed by atoms with van der Waals surface area (Å²) in [6, 6.07) is 8.06. The van der Waals surface area contributed by atoms with E-state index in [2.05, 4.69) is 17.1 Å². The molecule has 2 N–H and O–H groups in total. The maximum atomic E-state index is 6.01. The van der Waals surface area contributed by atoms with Gasteiger partial charge >= 0.3 is 0 Å². The first-order valence-corrected chi connectivity index (χ1v) is 7.00. The molecule has 1 atom stereocenters. The molecule has 2 aromatic rings. The summed E-state index contributed by atoms with van der Waals surface area (Å²) in [5.74, 6) is 2.02. The molecule has 108 valence electrons. The largest absolute Gasteiger partial charge is 0.483 e. The van der Waals surface area contributed by atoms with Crippen LogP contribution < -0.4 is 10.5 Å². The third-order valence-electron chi connectivity index (χ3n) is 3.16. The number of para-hydroxylation sites is 1. The lowest BCUT2D eigenvalue weighted by Gasteiger charge is -2.13. The number of nitrogens with zero attached hydrogens (tertiary/aromatic N) is 2. The molecule has 0 aliphatic rings. The lowest BCUT2D eigenvalue weighted by molar-refractivity contribution is 0.240. The lowest BCUT2D eigenvalue weighted by atomic mass is 10.0. The Morgan fingerprint density at radius 1 is 1.30 bits per heavy atom. The summed E-state index contributed by atoms with van der Waals surface area (Å²) in [6.07, 6.45) is 2.50. The van der Waals surface area contributed by atoms with E-state index < -0.39 is 0 Å². The molecule has 0 radical (unpaired) electrons. The Morgan fingerprint density at radius 3 is 2.80 bits per heavy atom. The molecular formula is C15H21N3O2. The van der Waals surface area contributed by atoms with Crippen LogP contribution in [0.1, 0.15) is 37.5 Å². The summed E-state index contributed by atoms with van der Waals surface area (Å²) < 4.78 is 10.9. The van der Waals surface area contributed by atoms with Crippen LogP contribution in [0, 0.1) is 0 Å². The van der Waals surface area contributed by atoms with Crippen molar-refractivity contribution in [3.05, 3.63) is 41.5 Å². The number of rotatable bonds is 7. The van der Waals surface area contributed by atoms with Crippen LogP contribution in [0.4, 0.5) is 0 Å². The van der Waals surface area contributed by atoms with Gasteiger partial charge in [-0.05, 0) is 24.5 Å². The molecule has 0 amide bonds. The minimum atomic E-state index is 0.148. The van der Waals surface area contributed by atoms with Gasteiger partial charge in [-0.2, -0.15) is 4.98 Å². The van der Waals surface area contributed by atoms with Crippen molar-refractivity contribution in [1.29, 1.82) is 0 Å². The van der Waals surface area contributed by atoms with Gasteiger partial charge in [0.25, 0.3) is 5.89 Å². The van der Waals surface area contributed by atoms with E-state index in [-0.39, 0.29) is 12.6 Å². The van der Waals surface area contributed by atoms with Gasteiger partial charge in [0.2, 0.25) is 0 Å². The van der Waals surface area contributed by atoms with E-state index in [0.717, 1.165) is 30.6 Å². The number of aromatic nitrogens is 2. The van der Waals surface area contributed by atoms with Gasteiger partial charge in [0, 0.05) is 12.5 Å². The molecule has 0 fully saturated rings. The number of aryl methyl sites for hydroxylation is 1. The summed E-state index contributed by atoms with van der Waals surface area (Å²) in [7, 11) is 0. The summed E-state index contributed by atoms with van der Waals surface area (Å²) in [4.78, 5) is 4.22. The maximum absolute atomic E-state index is 6.01. The van der Waals surface area contributed by atoms with Gasteiger partial charge in [-0.25, -0.2) is 0 Å². The van der Waals surface area contributed by atoms with Crippen molar-refractivity contribution in [3.63, 3.8) is 0 Å². The van der Waals surface area contributed by atoms with E-state index in [4.69, 9.17) is 15.0 Å². The molecule has 0 aliphatic carbocycles. The van der Waals surface area contributed by atoms with Crippen LogP contribution in [-0.2, 0) is 19.4 Å². The number of hydrogen-bond donors (Lipinski definition) is 1.